The number of ether oxygens (including phenoxy) is 1. The summed E-state index contributed by atoms with van der Waals surface area (Å²) in [5.74, 6) is 1.09. The van der Waals surface area contributed by atoms with Crippen LogP contribution in [-0.2, 0) is 4.79 Å². The third-order valence-electron chi connectivity index (χ3n) is 5.01. The van der Waals surface area contributed by atoms with Crippen molar-refractivity contribution < 1.29 is 9.53 Å². The van der Waals surface area contributed by atoms with Gasteiger partial charge < -0.3 is 9.64 Å². The van der Waals surface area contributed by atoms with E-state index in [1.54, 1.807) is 30.2 Å². The molecule has 0 fully saturated rings. The van der Waals surface area contributed by atoms with E-state index in [-0.39, 0.29) is 5.91 Å². The minimum atomic E-state index is -0.188. The number of aliphatic imine (C=N–C) groups is 1. The van der Waals surface area contributed by atoms with Crippen molar-refractivity contribution in [3.63, 3.8) is 0 Å². The topological polar surface area (TPSA) is 45.1 Å². The highest BCUT2D eigenvalue weighted by Gasteiger charge is 2.32. The molecular formula is C25H22ClN3O2. The number of amides is 1. The largest absolute Gasteiger partial charge is 0.497 e. The number of anilines is 2. The molecule has 4 rings (SSSR count). The van der Waals surface area contributed by atoms with E-state index in [1.807, 2.05) is 79.7 Å². The number of carbonyl (C=O) groups is 1. The summed E-state index contributed by atoms with van der Waals surface area (Å²) < 4.78 is 5.25. The van der Waals surface area contributed by atoms with Gasteiger partial charge in [0.1, 0.15) is 17.3 Å². The molecule has 1 heterocycles. The third-order valence-corrected chi connectivity index (χ3v) is 5.26. The van der Waals surface area contributed by atoms with Gasteiger partial charge in [0.15, 0.2) is 0 Å². The highest BCUT2D eigenvalue weighted by Crippen LogP contribution is 2.29. The average Bonchev–Trinajstić information content (AvgIpc) is 3.10. The van der Waals surface area contributed by atoms with Gasteiger partial charge in [0, 0.05) is 30.4 Å². The summed E-state index contributed by atoms with van der Waals surface area (Å²) in [6.45, 7) is 0. The Kier molecular flexibility index (Phi) is 5.78. The molecule has 0 N–H and O–H groups in total. The first-order valence-corrected chi connectivity index (χ1v) is 10.2. The Bertz CT molecular complexity index is 1150. The first-order valence-electron chi connectivity index (χ1n) is 9.78. The van der Waals surface area contributed by atoms with Crippen molar-refractivity contribution in [2.45, 2.75) is 0 Å². The molecule has 0 spiro atoms. The van der Waals surface area contributed by atoms with Crippen molar-refractivity contribution in [1.29, 1.82) is 0 Å². The molecule has 5 nitrogen and oxygen atoms in total. The van der Waals surface area contributed by atoms with E-state index in [1.165, 1.54) is 0 Å². The van der Waals surface area contributed by atoms with E-state index in [0.717, 1.165) is 22.6 Å². The van der Waals surface area contributed by atoms with Gasteiger partial charge in [-0.05, 0) is 72.3 Å². The van der Waals surface area contributed by atoms with E-state index < -0.39 is 0 Å². The fourth-order valence-electron chi connectivity index (χ4n) is 3.31. The maximum Gasteiger partial charge on any atom is 0.282 e. The number of hydrogen-bond acceptors (Lipinski definition) is 4. The van der Waals surface area contributed by atoms with Crippen molar-refractivity contribution in [2.75, 3.05) is 31.0 Å². The van der Waals surface area contributed by atoms with Crippen LogP contribution in [0.15, 0.2) is 83.5 Å². The molecule has 0 atom stereocenters. The summed E-state index contributed by atoms with van der Waals surface area (Å²) in [5.41, 5.74) is 3.89. The van der Waals surface area contributed by atoms with Crippen molar-refractivity contribution >= 4 is 40.8 Å². The zero-order valence-electron chi connectivity index (χ0n) is 17.5. The van der Waals surface area contributed by atoms with Gasteiger partial charge >= 0.3 is 0 Å². The Balaban J connectivity index is 1.76. The number of methoxy groups -OCH3 is 1. The Labute approximate surface area is 186 Å². The zero-order chi connectivity index (χ0) is 22.0. The lowest BCUT2D eigenvalue weighted by Gasteiger charge is -2.19. The van der Waals surface area contributed by atoms with Gasteiger partial charge in [0.05, 0.1) is 12.8 Å². The summed E-state index contributed by atoms with van der Waals surface area (Å²) in [4.78, 5) is 21.7. The molecule has 3 aromatic rings. The van der Waals surface area contributed by atoms with Crippen LogP contribution >= 0.6 is 11.6 Å². The maximum atomic E-state index is 13.4. The van der Waals surface area contributed by atoms with Gasteiger partial charge in [-0.1, -0.05) is 23.7 Å². The van der Waals surface area contributed by atoms with Gasteiger partial charge in [-0.25, -0.2) is 4.99 Å². The quantitative estimate of drug-likeness (QED) is 0.518. The molecule has 1 aliphatic heterocycles. The van der Waals surface area contributed by atoms with E-state index in [0.29, 0.717) is 22.2 Å². The van der Waals surface area contributed by atoms with Crippen molar-refractivity contribution in [2.24, 2.45) is 4.99 Å². The average molecular weight is 432 g/mol. The number of benzene rings is 3. The van der Waals surface area contributed by atoms with E-state index >= 15 is 0 Å². The maximum absolute atomic E-state index is 13.4. The molecule has 31 heavy (non-hydrogen) atoms. The van der Waals surface area contributed by atoms with Crippen LogP contribution < -0.4 is 14.5 Å². The second-order valence-corrected chi connectivity index (χ2v) is 7.73. The second-order valence-electron chi connectivity index (χ2n) is 7.30. The van der Waals surface area contributed by atoms with Crippen LogP contribution in [0.2, 0.25) is 5.02 Å². The number of carbonyl (C=O) groups excluding carboxylic acids is 1. The van der Waals surface area contributed by atoms with E-state index in [9.17, 15) is 4.79 Å². The summed E-state index contributed by atoms with van der Waals surface area (Å²) in [6, 6.07) is 22.6. The van der Waals surface area contributed by atoms with Crippen LogP contribution in [0.1, 0.15) is 11.1 Å². The molecule has 3 aromatic carbocycles. The molecule has 0 bridgehead atoms. The smallest absolute Gasteiger partial charge is 0.282 e. The highest BCUT2D eigenvalue weighted by molar-refractivity contribution is 6.34. The number of halogens is 1. The fraction of sp³-hybridized carbons (Fsp3) is 0.120. The number of nitrogens with zero attached hydrogens (tertiary/aromatic N) is 3. The van der Waals surface area contributed by atoms with Crippen LogP contribution in [-0.4, -0.2) is 32.9 Å². The van der Waals surface area contributed by atoms with Gasteiger partial charge in [-0.3, -0.25) is 9.69 Å². The molecule has 6 heteroatoms. The normalized spacial score (nSPS) is 14.7. The van der Waals surface area contributed by atoms with Gasteiger partial charge in [0.2, 0.25) is 0 Å². The molecule has 1 aliphatic rings. The molecule has 0 radical (unpaired) electrons. The number of rotatable bonds is 5. The molecule has 0 aromatic heterocycles. The molecule has 0 aliphatic carbocycles. The Hall–Kier alpha value is -3.57. The van der Waals surface area contributed by atoms with Crippen molar-refractivity contribution in [3.8, 4) is 5.75 Å². The van der Waals surface area contributed by atoms with Crippen LogP contribution in [0, 0.1) is 0 Å². The van der Waals surface area contributed by atoms with Crippen LogP contribution in [0.4, 0.5) is 11.4 Å². The standard InChI is InChI=1S/C25H22ClN3O2/c1-28(2)20-10-4-17(5-11-20)16-23-25(30)29(21-12-14-22(31-3)15-13-21)24(27-23)18-6-8-19(26)9-7-18/h4-16H,1-3H3/b23-16+. The lowest BCUT2D eigenvalue weighted by atomic mass is 10.1. The monoisotopic (exact) mass is 431 g/mol. The Morgan fingerprint density at radius 2 is 1.58 bits per heavy atom. The highest BCUT2D eigenvalue weighted by atomic mass is 35.5. The summed E-state index contributed by atoms with van der Waals surface area (Å²) in [7, 11) is 5.59. The lowest BCUT2D eigenvalue weighted by Crippen LogP contribution is -2.32. The predicted octanol–water partition coefficient (Wildman–Crippen LogP) is 5.25. The first-order chi connectivity index (χ1) is 15.0. The molecule has 156 valence electrons. The Morgan fingerprint density at radius 3 is 2.16 bits per heavy atom. The zero-order valence-corrected chi connectivity index (χ0v) is 18.3. The third kappa shape index (κ3) is 4.32. The first kappa shape index (κ1) is 20.7. The van der Waals surface area contributed by atoms with Crippen LogP contribution in [0.25, 0.3) is 6.08 Å². The summed E-state index contributed by atoms with van der Waals surface area (Å²) in [6.07, 6.45) is 1.81. The minimum absolute atomic E-state index is 0.188. The van der Waals surface area contributed by atoms with E-state index in [2.05, 4.69) is 0 Å². The van der Waals surface area contributed by atoms with Gasteiger partial charge in [-0.15, -0.1) is 0 Å². The van der Waals surface area contributed by atoms with Gasteiger partial charge in [0.25, 0.3) is 5.91 Å². The molecular weight excluding hydrogens is 410 g/mol. The van der Waals surface area contributed by atoms with E-state index in [4.69, 9.17) is 21.3 Å². The van der Waals surface area contributed by atoms with Crippen molar-refractivity contribution in [1.82, 2.24) is 0 Å². The SMILES string of the molecule is COc1ccc(N2C(=O)/C(=C\c3ccc(N(C)C)cc3)N=C2c2ccc(Cl)cc2)cc1. The second kappa shape index (κ2) is 8.66. The lowest BCUT2D eigenvalue weighted by molar-refractivity contribution is -0.113. The number of hydrogen-bond donors (Lipinski definition) is 0. The summed E-state index contributed by atoms with van der Waals surface area (Å²) >= 11 is 6.06. The molecule has 0 saturated carbocycles. The summed E-state index contributed by atoms with van der Waals surface area (Å²) in [5, 5.41) is 0.626. The van der Waals surface area contributed by atoms with Crippen molar-refractivity contribution in [3.05, 3.63) is 94.6 Å². The fourth-order valence-corrected chi connectivity index (χ4v) is 3.43. The van der Waals surface area contributed by atoms with Crippen LogP contribution in [0.5, 0.6) is 5.75 Å². The molecule has 0 unspecified atom stereocenters. The molecule has 1 amide bonds. The minimum Gasteiger partial charge on any atom is -0.497 e. The van der Waals surface area contributed by atoms with Gasteiger partial charge in [-0.2, -0.15) is 0 Å². The molecule has 0 saturated heterocycles. The van der Waals surface area contributed by atoms with Crippen LogP contribution in [0.3, 0.4) is 0 Å². The Morgan fingerprint density at radius 1 is 0.935 bits per heavy atom. The number of amidine groups is 1. The predicted molar refractivity (Wildman–Crippen MR) is 127 cm³/mol.